The summed E-state index contributed by atoms with van der Waals surface area (Å²) in [6.45, 7) is 2.18. The third kappa shape index (κ3) is 3.39. The summed E-state index contributed by atoms with van der Waals surface area (Å²) < 4.78 is 5.10. The molecule has 4 aliphatic rings. The zero-order valence-corrected chi connectivity index (χ0v) is 19.5. The zero-order valence-electron chi connectivity index (χ0n) is 19.5. The Hall–Kier alpha value is -2.37. The van der Waals surface area contributed by atoms with Crippen LogP contribution < -0.4 is 0 Å². The highest BCUT2D eigenvalue weighted by molar-refractivity contribution is 5.91. The molecule has 2 heterocycles. The van der Waals surface area contributed by atoms with Gasteiger partial charge in [-0.1, -0.05) is 24.3 Å². The molecule has 1 amide bonds. The number of furan rings is 1. The van der Waals surface area contributed by atoms with Crippen molar-refractivity contribution in [2.45, 2.75) is 68.0 Å². The van der Waals surface area contributed by atoms with E-state index in [1.54, 1.807) is 18.6 Å². The summed E-state index contributed by atoms with van der Waals surface area (Å²) in [7, 11) is 1.92. The summed E-state index contributed by atoms with van der Waals surface area (Å²) in [6.07, 6.45) is 13.7. The van der Waals surface area contributed by atoms with Crippen molar-refractivity contribution in [1.29, 1.82) is 0 Å². The third-order valence-corrected chi connectivity index (χ3v) is 9.08. The zero-order chi connectivity index (χ0) is 22.6. The molecule has 2 bridgehead atoms. The minimum Gasteiger partial charge on any atom is -0.472 e. The van der Waals surface area contributed by atoms with Crippen LogP contribution in [0.5, 0.6) is 0 Å². The predicted octanol–water partition coefficient (Wildman–Crippen LogP) is 4.01. The van der Waals surface area contributed by atoms with Crippen LogP contribution in [0.2, 0.25) is 0 Å². The first-order valence-corrected chi connectivity index (χ1v) is 12.5. The van der Waals surface area contributed by atoms with E-state index in [4.69, 9.17) is 4.42 Å². The number of carbonyl (C=O) groups is 1. The predicted molar refractivity (Wildman–Crippen MR) is 128 cm³/mol. The second kappa shape index (κ2) is 7.85. The average Bonchev–Trinajstić information content (AvgIpc) is 3.49. The van der Waals surface area contributed by atoms with E-state index >= 15 is 0 Å². The second-order valence-electron chi connectivity index (χ2n) is 10.8. The maximum atomic E-state index is 13.0. The maximum Gasteiger partial charge on any atom is 0.246 e. The number of carbonyl (C=O) groups excluding carboxylic acids is 1. The van der Waals surface area contributed by atoms with Gasteiger partial charge in [-0.05, 0) is 80.7 Å². The number of piperidine rings is 1. The molecule has 6 rings (SSSR count). The van der Waals surface area contributed by atoms with E-state index in [1.165, 1.54) is 24.0 Å². The molecule has 1 aromatic carbocycles. The van der Waals surface area contributed by atoms with E-state index in [9.17, 15) is 9.90 Å². The van der Waals surface area contributed by atoms with Crippen molar-refractivity contribution in [3.8, 4) is 0 Å². The van der Waals surface area contributed by atoms with Crippen molar-refractivity contribution in [3.05, 3.63) is 65.6 Å². The van der Waals surface area contributed by atoms with Crippen LogP contribution >= 0.6 is 0 Å². The number of hydrogen-bond acceptors (Lipinski definition) is 4. The summed E-state index contributed by atoms with van der Waals surface area (Å²) in [4.78, 5) is 17.5. The van der Waals surface area contributed by atoms with Crippen LogP contribution in [0.4, 0.5) is 0 Å². The molecule has 1 aromatic heterocycles. The molecule has 33 heavy (non-hydrogen) atoms. The molecule has 5 heteroatoms. The molecule has 3 fully saturated rings. The van der Waals surface area contributed by atoms with E-state index < -0.39 is 5.60 Å². The van der Waals surface area contributed by atoms with Crippen LogP contribution in [0.15, 0.2) is 53.4 Å². The number of nitrogens with zero attached hydrogens (tertiary/aromatic N) is 2. The third-order valence-electron chi connectivity index (χ3n) is 9.08. The monoisotopic (exact) mass is 446 g/mol. The number of likely N-dealkylation sites (tertiary alicyclic amines) is 1. The Balaban J connectivity index is 1.30. The fourth-order valence-corrected chi connectivity index (χ4v) is 7.07. The van der Waals surface area contributed by atoms with E-state index in [2.05, 4.69) is 29.2 Å². The average molecular weight is 447 g/mol. The first-order chi connectivity index (χ1) is 16.0. The van der Waals surface area contributed by atoms with Gasteiger partial charge in [0.2, 0.25) is 5.91 Å². The largest absolute Gasteiger partial charge is 0.472 e. The lowest BCUT2D eigenvalue weighted by atomic mass is 9.48. The Morgan fingerprint density at radius 3 is 2.88 bits per heavy atom. The summed E-state index contributed by atoms with van der Waals surface area (Å²) in [5, 5.41) is 12.4. The molecule has 2 aromatic rings. The Kier molecular flexibility index (Phi) is 5.04. The maximum absolute atomic E-state index is 13.0. The normalized spacial score (nSPS) is 33.5. The quantitative estimate of drug-likeness (QED) is 0.705. The van der Waals surface area contributed by atoms with Crippen LogP contribution in [-0.4, -0.2) is 58.6 Å². The van der Waals surface area contributed by atoms with Crippen LogP contribution in [0.3, 0.4) is 0 Å². The van der Waals surface area contributed by atoms with Crippen molar-refractivity contribution in [2.24, 2.45) is 5.92 Å². The molecular weight excluding hydrogens is 412 g/mol. The molecule has 1 N–H and O–H groups in total. The number of hydrogen-bond donors (Lipinski definition) is 1. The SMILES string of the molecule is CN(C(=O)/C=C/c1ccoc1)[C@@H]1CC[C@@]2(O)[C@H]3Cc4ccccc4[C@@]2(CCN3CC2CC2)C1. The van der Waals surface area contributed by atoms with E-state index in [0.717, 1.165) is 56.7 Å². The molecule has 1 saturated heterocycles. The fraction of sp³-hybridized carbons (Fsp3) is 0.536. The molecule has 0 spiro atoms. The number of benzene rings is 1. The Labute approximate surface area is 196 Å². The minimum absolute atomic E-state index is 0.00912. The standard InChI is InChI=1S/C28H34N2O3/c1-29(26(31)9-8-21-11-15-33-19-21)23-10-12-28(32)25-16-22-4-2-3-5-24(22)27(28,17-23)13-14-30(25)18-20-6-7-20/h2-5,8-9,11,15,19-20,23,25,32H,6-7,10,12-14,16-18H2,1H3/b9-8+/t23-,25-,27-,28-/m1/s1. The highest BCUT2D eigenvalue weighted by Crippen LogP contribution is 2.58. The van der Waals surface area contributed by atoms with Crippen molar-refractivity contribution in [1.82, 2.24) is 9.80 Å². The molecule has 4 atom stereocenters. The van der Waals surface area contributed by atoms with Crippen molar-refractivity contribution in [3.63, 3.8) is 0 Å². The van der Waals surface area contributed by atoms with Gasteiger partial charge in [0, 0.05) is 42.7 Å². The van der Waals surface area contributed by atoms with Gasteiger partial charge in [0.1, 0.15) is 0 Å². The van der Waals surface area contributed by atoms with Gasteiger partial charge in [0.15, 0.2) is 0 Å². The van der Waals surface area contributed by atoms with E-state index in [1.807, 2.05) is 24.1 Å². The minimum atomic E-state index is -0.721. The van der Waals surface area contributed by atoms with Gasteiger partial charge in [-0.15, -0.1) is 0 Å². The van der Waals surface area contributed by atoms with Crippen LogP contribution in [0.1, 0.15) is 55.2 Å². The summed E-state index contributed by atoms with van der Waals surface area (Å²) >= 11 is 0. The second-order valence-corrected chi connectivity index (χ2v) is 10.8. The summed E-state index contributed by atoms with van der Waals surface area (Å²) in [6, 6.07) is 10.9. The number of rotatable bonds is 5. The molecule has 0 radical (unpaired) electrons. The number of likely N-dealkylation sites (N-methyl/N-ethyl adjacent to an activating group) is 1. The molecule has 2 saturated carbocycles. The number of amides is 1. The van der Waals surface area contributed by atoms with Gasteiger partial charge in [-0.2, -0.15) is 0 Å². The molecular formula is C28H34N2O3. The van der Waals surface area contributed by atoms with Crippen LogP contribution in [0, 0.1) is 5.92 Å². The van der Waals surface area contributed by atoms with E-state index in [-0.39, 0.29) is 23.4 Å². The summed E-state index contributed by atoms with van der Waals surface area (Å²) in [5.41, 5.74) is 2.61. The van der Waals surface area contributed by atoms with Gasteiger partial charge in [-0.25, -0.2) is 0 Å². The summed E-state index contributed by atoms with van der Waals surface area (Å²) in [5.74, 6) is 0.829. The smallest absolute Gasteiger partial charge is 0.246 e. The lowest BCUT2D eigenvalue weighted by Crippen LogP contribution is -2.74. The van der Waals surface area contributed by atoms with Gasteiger partial charge >= 0.3 is 0 Å². The number of aliphatic hydroxyl groups is 1. The lowest BCUT2D eigenvalue weighted by molar-refractivity contribution is -0.177. The topological polar surface area (TPSA) is 56.9 Å². The first-order valence-electron chi connectivity index (χ1n) is 12.5. The van der Waals surface area contributed by atoms with Crippen molar-refractivity contribution in [2.75, 3.05) is 20.1 Å². The highest BCUT2D eigenvalue weighted by atomic mass is 16.3. The molecule has 174 valence electrons. The Morgan fingerprint density at radius 2 is 2.09 bits per heavy atom. The lowest BCUT2D eigenvalue weighted by Gasteiger charge is -2.65. The van der Waals surface area contributed by atoms with Gasteiger partial charge < -0.3 is 14.4 Å². The van der Waals surface area contributed by atoms with Crippen LogP contribution in [0.25, 0.3) is 6.08 Å². The Bertz CT molecular complexity index is 1060. The van der Waals surface area contributed by atoms with Gasteiger partial charge in [-0.3, -0.25) is 9.69 Å². The van der Waals surface area contributed by atoms with Gasteiger partial charge in [0.25, 0.3) is 0 Å². The molecule has 0 unspecified atom stereocenters. The molecule has 5 nitrogen and oxygen atoms in total. The fourth-order valence-electron chi connectivity index (χ4n) is 7.07. The molecule has 3 aliphatic carbocycles. The van der Waals surface area contributed by atoms with Crippen LogP contribution in [-0.2, 0) is 16.6 Å². The van der Waals surface area contributed by atoms with Crippen molar-refractivity contribution < 1.29 is 14.3 Å². The number of fused-ring (bicyclic) bond motifs is 1. The highest BCUT2D eigenvalue weighted by Gasteiger charge is 2.65. The van der Waals surface area contributed by atoms with Crippen molar-refractivity contribution >= 4 is 12.0 Å². The van der Waals surface area contributed by atoms with E-state index in [0.29, 0.717) is 0 Å². The first kappa shape index (κ1) is 21.2. The Morgan fingerprint density at radius 1 is 1.24 bits per heavy atom. The van der Waals surface area contributed by atoms with Gasteiger partial charge in [0.05, 0.1) is 18.1 Å². The molecule has 1 aliphatic heterocycles.